The lowest BCUT2D eigenvalue weighted by atomic mass is 9.84. The number of nitrogens with two attached hydrogens (primary N) is 3. The fourth-order valence-corrected chi connectivity index (χ4v) is 5.56. The molecule has 2 atom stereocenters. The lowest BCUT2D eigenvalue weighted by Gasteiger charge is -2.50. The van der Waals surface area contributed by atoms with Crippen LogP contribution >= 0.6 is 11.3 Å². The molecule has 1 aromatic carbocycles. The third-order valence-electron chi connectivity index (χ3n) is 7.04. The first kappa shape index (κ1) is 35.0. The number of aryl methyl sites for hydroxylation is 1. The molecular formula is C26H34N9O10S2+. The quantitative estimate of drug-likeness (QED) is 0.0367. The van der Waals surface area contributed by atoms with Gasteiger partial charge in [-0.25, -0.2) is 9.78 Å². The van der Waals surface area contributed by atoms with E-state index in [4.69, 9.17) is 31.3 Å². The maximum absolute atomic E-state index is 13.2. The molecule has 47 heavy (non-hydrogen) atoms. The number of nitrogen functional groups attached to an aromatic ring is 2. The van der Waals surface area contributed by atoms with Crippen LogP contribution in [0.2, 0.25) is 0 Å². The summed E-state index contributed by atoms with van der Waals surface area (Å²) in [6, 6.07) is 5.42. The van der Waals surface area contributed by atoms with Crippen molar-refractivity contribution in [3.8, 4) is 16.9 Å². The number of hydroxylamine groups is 2. The number of hydrogen-bond donors (Lipinski definition) is 6. The number of benzene rings is 1. The second-order valence-corrected chi connectivity index (χ2v) is 12.6. The number of carboxylic acid groups (broad SMARTS) is 1. The number of aromatic nitrogens is 3. The van der Waals surface area contributed by atoms with E-state index in [1.165, 1.54) is 19.2 Å². The molecule has 0 radical (unpaired) electrons. The molecule has 1 unspecified atom stereocenters. The Balaban J connectivity index is 1.46. The van der Waals surface area contributed by atoms with Crippen molar-refractivity contribution in [3.05, 3.63) is 41.5 Å². The maximum Gasteiger partial charge on any atom is 0.418 e. The molecule has 4 rings (SSSR count). The SMILES string of the molecule is C[n+]1cc(-c2ccc(OCC(O/N=C(\C(=O)N[C@@H]3C(=O)N(OS(=O)(=O)O)C3(C)C)c3csc(N)n3)C(=O)O)cc2)c(N)n1CCCN. The minimum absolute atomic E-state index is 0.0532. The Kier molecular flexibility index (Phi) is 10.3. The van der Waals surface area contributed by atoms with E-state index in [0.717, 1.165) is 28.9 Å². The summed E-state index contributed by atoms with van der Waals surface area (Å²) < 4.78 is 44.8. The van der Waals surface area contributed by atoms with Gasteiger partial charge in [-0.1, -0.05) is 17.3 Å². The number of carbonyl (C=O) groups excluding carboxylic acids is 2. The zero-order valence-corrected chi connectivity index (χ0v) is 27.0. The number of carboxylic acids is 1. The van der Waals surface area contributed by atoms with E-state index in [-0.39, 0.29) is 10.8 Å². The zero-order chi connectivity index (χ0) is 34.7. The Hall–Kier alpha value is -4.83. The van der Waals surface area contributed by atoms with E-state index in [0.29, 0.717) is 29.7 Å². The summed E-state index contributed by atoms with van der Waals surface area (Å²) in [6.07, 6.45) is 0.940. The standard InChI is InChI=1S/C26H33N9O10S2/c1-26(2)20(23(37)35(26)45-47(40,41)42)31-22(36)19(17-13-46-25(29)30-17)32-44-18(24(38)39)12-43-15-7-5-14(6-8-15)16-11-33(3)34(21(16)28)10-4-9-27/h5-8,11,13,18,20,28H,4,9-10,12,27H2,1-3H3,(H5,29,30,31,36,38,39,40,41,42)/p+1/b32-19-/t18?,20-/m1/s1. The largest absolute Gasteiger partial charge is 0.489 e. The number of nitrogens with one attached hydrogen (secondary N) is 1. The molecule has 1 aliphatic rings. The summed E-state index contributed by atoms with van der Waals surface area (Å²) in [5.74, 6) is -2.62. The molecule has 1 aliphatic heterocycles. The molecule has 254 valence electrons. The Labute approximate surface area is 272 Å². The van der Waals surface area contributed by atoms with Crippen molar-refractivity contribution in [2.45, 2.75) is 44.5 Å². The maximum atomic E-state index is 13.2. The summed E-state index contributed by atoms with van der Waals surface area (Å²) in [4.78, 5) is 46.9. The molecule has 1 fully saturated rings. The molecule has 3 aromatic rings. The van der Waals surface area contributed by atoms with Gasteiger partial charge in [-0.15, -0.1) is 25.0 Å². The number of thiazole rings is 1. The molecule has 2 amide bonds. The van der Waals surface area contributed by atoms with Gasteiger partial charge in [-0.2, -0.15) is 13.5 Å². The van der Waals surface area contributed by atoms with E-state index in [2.05, 4.69) is 19.7 Å². The van der Waals surface area contributed by atoms with Crippen LogP contribution in [0.1, 0.15) is 26.0 Å². The Morgan fingerprint density at radius 1 is 1.26 bits per heavy atom. The molecule has 21 heteroatoms. The Bertz CT molecular complexity index is 1790. The van der Waals surface area contributed by atoms with Crippen molar-refractivity contribution in [2.24, 2.45) is 17.9 Å². The van der Waals surface area contributed by atoms with Gasteiger partial charge in [0.15, 0.2) is 23.7 Å². The number of ether oxygens (including phenoxy) is 1. The highest BCUT2D eigenvalue weighted by Crippen LogP contribution is 2.33. The Morgan fingerprint density at radius 2 is 1.94 bits per heavy atom. The van der Waals surface area contributed by atoms with Gasteiger partial charge in [0.1, 0.15) is 24.1 Å². The monoisotopic (exact) mass is 696 g/mol. The topological polar surface area (TPSA) is 281 Å². The second kappa shape index (κ2) is 13.9. The molecule has 3 heterocycles. The third-order valence-corrected chi connectivity index (χ3v) is 8.05. The van der Waals surface area contributed by atoms with Crippen LogP contribution in [0.15, 0.2) is 41.0 Å². The van der Waals surface area contributed by atoms with E-state index >= 15 is 0 Å². The molecule has 0 bridgehead atoms. The van der Waals surface area contributed by atoms with E-state index in [1.54, 1.807) is 24.3 Å². The van der Waals surface area contributed by atoms with Gasteiger partial charge >= 0.3 is 16.4 Å². The highest BCUT2D eigenvalue weighted by atomic mass is 32.3. The molecule has 1 saturated heterocycles. The second-order valence-electron chi connectivity index (χ2n) is 10.7. The number of aliphatic carboxylic acids is 1. The number of oxime groups is 1. The van der Waals surface area contributed by atoms with E-state index in [9.17, 15) is 27.9 Å². The summed E-state index contributed by atoms with van der Waals surface area (Å²) in [5, 5.41) is 17.6. The first-order chi connectivity index (χ1) is 22.0. The highest BCUT2D eigenvalue weighted by Gasteiger charge is 2.58. The van der Waals surface area contributed by atoms with Crippen molar-refractivity contribution < 1.29 is 51.0 Å². The minimum atomic E-state index is -5.02. The molecule has 0 saturated carbocycles. The third kappa shape index (κ3) is 7.94. The number of β-lactam (4-membered cyclic amide) rings is 1. The van der Waals surface area contributed by atoms with Gasteiger partial charge in [0.05, 0.1) is 17.6 Å². The fraction of sp³-hybridized carbons (Fsp3) is 0.385. The van der Waals surface area contributed by atoms with Crippen LogP contribution in [0.25, 0.3) is 11.1 Å². The molecule has 19 nitrogen and oxygen atoms in total. The fourth-order valence-electron chi connectivity index (χ4n) is 4.56. The van der Waals surface area contributed by atoms with Gasteiger partial charge in [-0.3, -0.25) is 14.1 Å². The summed E-state index contributed by atoms with van der Waals surface area (Å²) in [6.45, 7) is 3.37. The number of rotatable bonds is 15. The lowest BCUT2D eigenvalue weighted by Crippen LogP contribution is -2.76. The van der Waals surface area contributed by atoms with Crippen LogP contribution in [0.5, 0.6) is 5.75 Å². The van der Waals surface area contributed by atoms with Crippen LogP contribution < -0.4 is 31.9 Å². The molecule has 0 spiro atoms. The van der Waals surface area contributed by atoms with Gasteiger partial charge in [-0.05, 0) is 44.5 Å². The summed E-state index contributed by atoms with van der Waals surface area (Å²) in [5.41, 5.74) is 17.2. The number of hydrogen-bond acceptors (Lipinski definition) is 14. The highest BCUT2D eigenvalue weighted by molar-refractivity contribution is 7.80. The average molecular weight is 697 g/mol. The van der Waals surface area contributed by atoms with Crippen LogP contribution in [0.3, 0.4) is 0 Å². The number of amides is 2. The molecule has 9 N–H and O–H groups in total. The van der Waals surface area contributed by atoms with Crippen LogP contribution in [-0.4, -0.2) is 87.1 Å². The molecular weight excluding hydrogens is 662 g/mol. The van der Waals surface area contributed by atoms with Crippen molar-refractivity contribution in [2.75, 3.05) is 24.6 Å². The van der Waals surface area contributed by atoms with Gasteiger partial charge in [0, 0.05) is 5.38 Å². The number of anilines is 2. The first-order valence-corrected chi connectivity index (χ1v) is 16.1. The van der Waals surface area contributed by atoms with Gasteiger partial charge in [0.25, 0.3) is 17.9 Å². The van der Waals surface area contributed by atoms with Crippen molar-refractivity contribution >= 4 is 56.2 Å². The first-order valence-electron chi connectivity index (χ1n) is 13.8. The zero-order valence-electron chi connectivity index (χ0n) is 25.4. The van der Waals surface area contributed by atoms with Crippen molar-refractivity contribution in [1.29, 1.82) is 0 Å². The smallest absolute Gasteiger partial charge is 0.418 e. The van der Waals surface area contributed by atoms with Crippen LogP contribution in [-0.2, 0) is 47.5 Å². The lowest BCUT2D eigenvalue weighted by molar-refractivity contribution is -0.752. The van der Waals surface area contributed by atoms with E-state index < -0.39 is 58.2 Å². The van der Waals surface area contributed by atoms with Crippen molar-refractivity contribution in [1.82, 2.24) is 20.0 Å². The predicted molar refractivity (Wildman–Crippen MR) is 166 cm³/mol. The predicted octanol–water partition coefficient (Wildman–Crippen LogP) is -0.958. The van der Waals surface area contributed by atoms with E-state index in [1.807, 2.05) is 22.6 Å². The normalized spacial score (nSPS) is 16.8. The van der Waals surface area contributed by atoms with Crippen LogP contribution in [0, 0.1) is 0 Å². The Morgan fingerprint density at radius 3 is 2.49 bits per heavy atom. The number of carbonyl (C=O) groups is 3. The van der Waals surface area contributed by atoms with Crippen molar-refractivity contribution in [3.63, 3.8) is 0 Å². The van der Waals surface area contributed by atoms with Gasteiger partial charge in [0.2, 0.25) is 6.20 Å². The van der Waals surface area contributed by atoms with Crippen LogP contribution in [0.4, 0.5) is 10.9 Å². The minimum Gasteiger partial charge on any atom is -0.489 e. The van der Waals surface area contributed by atoms with Gasteiger partial charge < -0.3 is 37.2 Å². The summed E-state index contributed by atoms with van der Waals surface area (Å²) in [7, 11) is -3.16. The average Bonchev–Trinajstić information content (AvgIpc) is 3.56. The molecule has 0 aliphatic carbocycles. The summed E-state index contributed by atoms with van der Waals surface area (Å²) >= 11 is 0.954. The molecule has 2 aromatic heterocycles. The number of nitrogens with zero attached hydrogens (tertiary/aromatic N) is 5.